The zero-order chi connectivity index (χ0) is 16.9. The van der Waals surface area contributed by atoms with Crippen molar-refractivity contribution in [3.8, 4) is 0 Å². The van der Waals surface area contributed by atoms with E-state index in [2.05, 4.69) is 19.1 Å². The number of ketones is 1. The third-order valence-electron chi connectivity index (χ3n) is 6.88. The minimum absolute atomic E-state index is 0.0666. The highest BCUT2D eigenvalue weighted by Crippen LogP contribution is 2.59. The lowest BCUT2D eigenvalue weighted by atomic mass is 9.55. The molecule has 0 aliphatic heterocycles. The molecule has 0 heterocycles. The minimum Gasteiger partial charge on any atom is -0.478 e. The molecular formula is C21H24O3. The van der Waals surface area contributed by atoms with Gasteiger partial charge in [0.1, 0.15) is 5.78 Å². The average Bonchev–Trinajstić information content (AvgIpc) is 2.88. The van der Waals surface area contributed by atoms with E-state index in [1.54, 1.807) is 6.08 Å². The van der Waals surface area contributed by atoms with Gasteiger partial charge < -0.3 is 5.11 Å². The van der Waals surface area contributed by atoms with Crippen molar-refractivity contribution in [3.05, 3.63) is 41.0 Å². The highest BCUT2D eigenvalue weighted by Gasteiger charge is 2.54. The molecule has 1 aromatic carbocycles. The number of carbonyl (C=O) groups excluding carboxylic acids is 1. The van der Waals surface area contributed by atoms with Gasteiger partial charge in [-0.1, -0.05) is 25.1 Å². The molecule has 1 aromatic rings. The van der Waals surface area contributed by atoms with Gasteiger partial charge in [-0.05, 0) is 72.6 Å². The van der Waals surface area contributed by atoms with E-state index in [1.807, 2.05) is 6.07 Å². The van der Waals surface area contributed by atoms with Gasteiger partial charge in [-0.25, -0.2) is 4.79 Å². The van der Waals surface area contributed by atoms with E-state index < -0.39 is 5.97 Å². The highest BCUT2D eigenvalue weighted by atomic mass is 16.4. The standard InChI is InChI=1S/C21H24O3/c1-21-11-10-16-15-5-2-13(3-9-20(23)24)12-14(15)4-6-17(16)18(21)7-8-19(21)22/h2-3,5,9,12,16-18H,4,6-8,10-11H2,1H3,(H,23,24)/b9-3+/t16-,17-,18+,21+/m1/s1. The first-order chi connectivity index (χ1) is 11.5. The largest absolute Gasteiger partial charge is 0.478 e. The summed E-state index contributed by atoms with van der Waals surface area (Å²) in [6, 6.07) is 6.39. The fourth-order valence-electron chi connectivity index (χ4n) is 5.64. The van der Waals surface area contributed by atoms with Gasteiger partial charge in [0.05, 0.1) is 0 Å². The van der Waals surface area contributed by atoms with Crippen molar-refractivity contribution >= 4 is 17.8 Å². The monoisotopic (exact) mass is 324 g/mol. The van der Waals surface area contributed by atoms with Crippen molar-refractivity contribution in [1.29, 1.82) is 0 Å². The van der Waals surface area contributed by atoms with Crippen LogP contribution in [0.4, 0.5) is 0 Å². The summed E-state index contributed by atoms with van der Waals surface area (Å²) >= 11 is 0. The molecule has 2 fully saturated rings. The molecular weight excluding hydrogens is 300 g/mol. The van der Waals surface area contributed by atoms with Gasteiger partial charge >= 0.3 is 5.97 Å². The summed E-state index contributed by atoms with van der Waals surface area (Å²) in [4.78, 5) is 23.1. The molecule has 0 unspecified atom stereocenters. The summed E-state index contributed by atoms with van der Waals surface area (Å²) in [6.07, 6.45) is 9.06. The smallest absolute Gasteiger partial charge is 0.328 e. The summed E-state index contributed by atoms with van der Waals surface area (Å²) in [5.74, 6) is 1.36. The van der Waals surface area contributed by atoms with Gasteiger partial charge in [0.15, 0.2) is 0 Å². The molecule has 4 atom stereocenters. The predicted molar refractivity (Wildman–Crippen MR) is 92.7 cm³/mol. The zero-order valence-corrected chi connectivity index (χ0v) is 14.1. The van der Waals surface area contributed by atoms with Gasteiger partial charge in [-0.2, -0.15) is 0 Å². The normalized spacial score (nSPS) is 34.7. The van der Waals surface area contributed by atoms with Crippen LogP contribution in [0.15, 0.2) is 24.3 Å². The molecule has 3 aliphatic rings. The number of hydrogen-bond acceptors (Lipinski definition) is 2. The Balaban J connectivity index is 1.63. The van der Waals surface area contributed by atoms with Gasteiger partial charge in [0.2, 0.25) is 0 Å². The number of aryl methyl sites for hydroxylation is 1. The van der Waals surface area contributed by atoms with E-state index >= 15 is 0 Å². The summed E-state index contributed by atoms with van der Waals surface area (Å²) in [5, 5.41) is 8.79. The average molecular weight is 324 g/mol. The number of rotatable bonds is 2. The molecule has 3 aliphatic carbocycles. The van der Waals surface area contributed by atoms with Gasteiger partial charge in [-0.15, -0.1) is 0 Å². The summed E-state index contributed by atoms with van der Waals surface area (Å²) in [5.41, 5.74) is 3.71. The van der Waals surface area contributed by atoms with Crippen molar-refractivity contribution < 1.29 is 14.7 Å². The van der Waals surface area contributed by atoms with E-state index in [0.717, 1.165) is 44.1 Å². The third kappa shape index (κ3) is 2.33. The predicted octanol–water partition coefficient (Wildman–Crippen LogP) is 4.21. The summed E-state index contributed by atoms with van der Waals surface area (Å²) in [7, 11) is 0. The first-order valence-electron chi connectivity index (χ1n) is 9.06. The first-order valence-corrected chi connectivity index (χ1v) is 9.06. The molecule has 3 heteroatoms. The molecule has 0 radical (unpaired) electrons. The van der Waals surface area contributed by atoms with Crippen molar-refractivity contribution in [3.63, 3.8) is 0 Å². The maximum atomic E-state index is 12.4. The number of carboxylic acid groups (broad SMARTS) is 1. The van der Waals surface area contributed by atoms with Crippen LogP contribution in [0.2, 0.25) is 0 Å². The van der Waals surface area contributed by atoms with Crippen LogP contribution >= 0.6 is 0 Å². The Bertz CT molecular complexity index is 733. The van der Waals surface area contributed by atoms with Crippen LogP contribution in [-0.4, -0.2) is 16.9 Å². The molecule has 0 bridgehead atoms. The molecule has 0 amide bonds. The van der Waals surface area contributed by atoms with Gasteiger partial charge in [-0.3, -0.25) is 4.79 Å². The number of carbonyl (C=O) groups is 2. The van der Waals surface area contributed by atoms with Crippen molar-refractivity contribution in [2.75, 3.05) is 0 Å². The van der Waals surface area contributed by atoms with Crippen molar-refractivity contribution in [2.45, 2.75) is 51.4 Å². The zero-order valence-electron chi connectivity index (χ0n) is 14.1. The van der Waals surface area contributed by atoms with E-state index in [-0.39, 0.29) is 5.41 Å². The van der Waals surface area contributed by atoms with E-state index in [4.69, 9.17) is 5.11 Å². The minimum atomic E-state index is -0.912. The van der Waals surface area contributed by atoms with E-state index in [9.17, 15) is 9.59 Å². The first kappa shape index (κ1) is 15.6. The Morgan fingerprint density at radius 3 is 2.88 bits per heavy atom. The Hall–Kier alpha value is -1.90. The molecule has 24 heavy (non-hydrogen) atoms. The molecule has 0 aromatic heterocycles. The number of benzene rings is 1. The highest BCUT2D eigenvalue weighted by molar-refractivity contribution is 5.87. The Morgan fingerprint density at radius 2 is 2.08 bits per heavy atom. The summed E-state index contributed by atoms with van der Waals surface area (Å²) < 4.78 is 0. The SMILES string of the molecule is C[C@]12CC[C@@H]3c4ccc(/C=C/C(=O)O)cc4CC[C@H]3[C@@H]1CCC2=O. The maximum absolute atomic E-state index is 12.4. The van der Waals surface area contributed by atoms with Crippen LogP contribution in [0.3, 0.4) is 0 Å². The van der Waals surface area contributed by atoms with Crippen molar-refractivity contribution in [2.24, 2.45) is 17.3 Å². The molecule has 0 spiro atoms. The number of aliphatic carboxylic acids is 1. The van der Waals surface area contributed by atoms with Crippen LogP contribution in [0.5, 0.6) is 0 Å². The molecule has 3 nitrogen and oxygen atoms in total. The molecule has 2 saturated carbocycles. The fourth-order valence-corrected chi connectivity index (χ4v) is 5.64. The number of Topliss-reactive ketones (excluding diaryl/α,β-unsaturated/α-hetero) is 1. The van der Waals surface area contributed by atoms with Crippen LogP contribution in [0.25, 0.3) is 6.08 Å². The lowest BCUT2D eigenvalue weighted by Crippen LogP contribution is -2.42. The summed E-state index contributed by atoms with van der Waals surface area (Å²) in [6.45, 7) is 2.21. The van der Waals surface area contributed by atoms with Gasteiger partial charge in [0.25, 0.3) is 0 Å². The quantitative estimate of drug-likeness (QED) is 0.829. The maximum Gasteiger partial charge on any atom is 0.328 e. The number of carboxylic acids is 1. The second kappa shape index (κ2) is 5.58. The number of hydrogen-bond donors (Lipinski definition) is 1. The fraction of sp³-hybridized carbons (Fsp3) is 0.524. The lowest BCUT2D eigenvalue weighted by molar-refractivity contribution is -0.131. The van der Waals surface area contributed by atoms with Crippen LogP contribution in [-0.2, 0) is 16.0 Å². The van der Waals surface area contributed by atoms with Crippen LogP contribution in [0, 0.1) is 17.3 Å². The second-order valence-corrected chi connectivity index (χ2v) is 7.96. The third-order valence-corrected chi connectivity index (χ3v) is 6.88. The Morgan fingerprint density at radius 1 is 1.25 bits per heavy atom. The Labute approximate surface area is 142 Å². The molecule has 0 saturated heterocycles. The Kier molecular flexibility index (Phi) is 3.63. The van der Waals surface area contributed by atoms with E-state index in [1.165, 1.54) is 17.2 Å². The molecule has 1 N–H and O–H groups in total. The second-order valence-electron chi connectivity index (χ2n) is 7.96. The van der Waals surface area contributed by atoms with E-state index in [0.29, 0.717) is 23.5 Å². The van der Waals surface area contributed by atoms with Crippen LogP contribution in [0.1, 0.15) is 61.6 Å². The van der Waals surface area contributed by atoms with Gasteiger partial charge in [0, 0.05) is 17.9 Å². The lowest BCUT2D eigenvalue weighted by Gasteiger charge is -2.48. The van der Waals surface area contributed by atoms with Crippen LogP contribution < -0.4 is 0 Å². The molecule has 4 rings (SSSR count). The molecule has 126 valence electrons. The van der Waals surface area contributed by atoms with Crippen molar-refractivity contribution in [1.82, 2.24) is 0 Å². The number of fused-ring (bicyclic) bond motifs is 5. The topological polar surface area (TPSA) is 54.4 Å².